The van der Waals surface area contributed by atoms with Crippen LogP contribution in [0.5, 0.6) is 0 Å². The molecule has 0 aromatic heterocycles. The third kappa shape index (κ3) is 5.37. The summed E-state index contributed by atoms with van der Waals surface area (Å²) >= 11 is 0. The highest BCUT2D eigenvalue weighted by Gasteiger charge is 2.34. The molecule has 10 nitrogen and oxygen atoms in total. The van der Waals surface area contributed by atoms with Gasteiger partial charge in [-0.15, -0.1) is 0 Å². The smallest absolute Gasteiger partial charge is 0.255 e. The summed E-state index contributed by atoms with van der Waals surface area (Å²) in [4.78, 5) is 53.5. The molecular weight excluding hydrogens is 580 g/mol. The normalized spacial score (nSPS) is 12.7. The minimum atomic E-state index is -3.48. The van der Waals surface area contributed by atoms with Crippen molar-refractivity contribution in [1.29, 1.82) is 0 Å². The van der Waals surface area contributed by atoms with Gasteiger partial charge in [0.25, 0.3) is 11.8 Å². The van der Waals surface area contributed by atoms with E-state index in [1.807, 2.05) is 0 Å². The Bertz CT molecular complexity index is 1880. The number of carbonyl (C=O) groups excluding carboxylic acids is 4. The fourth-order valence-electron chi connectivity index (χ4n) is 4.53. The van der Waals surface area contributed by atoms with Gasteiger partial charge in [-0.2, -0.15) is 0 Å². The van der Waals surface area contributed by atoms with Crippen LogP contribution in [0.4, 0.5) is 11.4 Å². The van der Waals surface area contributed by atoms with E-state index in [-0.39, 0.29) is 54.5 Å². The molecular formula is C30H22N2O8S2. The largest absolute Gasteiger partial charge is 0.321 e. The van der Waals surface area contributed by atoms with E-state index in [1.165, 1.54) is 72.8 Å². The fourth-order valence-corrected chi connectivity index (χ4v) is 5.79. The molecule has 42 heavy (non-hydrogen) atoms. The first-order chi connectivity index (χ1) is 19.8. The van der Waals surface area contributed by atoms with Crippen molar-refractivity contribution in [2.75, 3.05) is 23.1 Å². The SMILES string of the molecule is CS(=O)(=O)c1ccc(C(=O)Nc2ccc(NC(=O)c3ccc(S(C)(=O)=O)cc3)c3c2C(=O)c2ccccc2C3=O)cc1. The molecule has 2 amide bonds. The molecule has 5 rings (SSSR count). The van der Waals surface area contributed by atoms with E-state index in [2.05, 4.69) is 10.6 Å². The van der Waals surface area contributed by atoms with Gasteiger partial charge in [0, 0.05) is 34.8 Å². The quantitative estimate of drug-likeness (QED) is 0.297. The number of nitrogens with one attached hydrogen (secondary N) is 2. The molecule has 0 saturated carbocycles. The van der Waals surface area contributed by atoms with Crippen LogP contribution in [-0.2, 0) is 19.7 Å². The lowest BCUT2D eigenvalue weighted by molar-refractivity contribution is 0.0977. The minimum Gasteiger partial charge on any atom is -0.321 e. The van der Waals surface area contributed by atoms with E-state index in [9.17, 15) is 36.0 Å². The number of carbonyl (C=O) groups is 4. The first kappa shape index (κ1) is 28.6. The second kappa shape index (κ2) is 10.5. The molecule has 1 aliphatic rings. The number of rotatable bonds is 6. The van der Waals surface area contributed by atoms with Crippen LogP contribution in [0.1, 0.15) is 52.6 Å². The van der Waals surface area contributed by atoms with E-state index in [1.54, 1.807) is 12.1 Å². The summed E-state index contributed by atoms with van der Waals surface area (Å²) in [6.07, 6.45) is 2.08. The van der Waals surface area contributed by atoms with Crippen LogP contribution in [0.15, 0.2) is 94.7 Å². The van der Waals surface area contributed by atoms with Gasteiger partial charge in [-0.3, -0.25) is 19.2 Å². The van der Waals surface area contributed by atoms with Crippen molar-refractivity contribution >= 4 is 54.4 Å². The van der Waals surface area contributed by atoms with Crippen molar-refractivity contribution in [2.24, 2.45) is 0 Å². The zero-order valence-electron chi connectivity index (χ0n) is 22.2. The average Bonchev–Trinajstić information content (AvgIpc) is 2.95. The molecule has 1 aliphatic carbocycles. The summed E-state index contributed by atoms with van der Waals surface area (Å²) in [5, 5.41) is 5.26. The van der Waals surface area contributed by atoms with Crippen LogP contribution < -0.4 is 10.6 Å². The Morgan fingerprint density at radius 1 is 0.524 bits per heavy atom. The highest BCUT2D eigenvalue weighted by Crippen LogP contribution is 2.37. The standard InChI is InChI=1S/C30H22N2O8S2/c1-41(37,38)19-11-7-17(8-12-19)29(35)31-23-15-16-24(32-30(36)18-9-13-20(14-10-18)42(2,39)40)26-25(23)27(33)21-5-3-4-6-22(21)28(26)34/h3-16H,1-2H3,(H,31,35)(H,32,36). The minimum absolute atomic E-state index is 0.0190. The molecule has 4 aromatic rings. The molecule has 212 valence electrons. The Balaban J connectivity index is 1.54. The second-order valence-electron chi connectivity index (χ2n) is 9.62. The lowest BCUT2D eigenvalue weighted by Crippen LogP contribution is -2.26. The zero-order valence-corrected chi connectivity index (χ0v) is 23.8. The van der Waals surface area contributed by atoms with E-state index in [4.69, 9.17) is 0 Å². The predicted molar refractivity (Wildman–Crippen MR) is 155 cm³/mol. The number of fused-ring (bicyclic) bond motifs is 2. The van der Waals surface area contributed by atoms with Gasteiger partial charge < -0.3 is 10.6 Å². The van der Waals surface area contributed by atoms with Crippen LogP contribution in [0.25, 0.3) is 0 Å². The summed E-state index contributed by atoms with van der Waals surface area (Å²) in [5.41, 5.74) is 0.277. The molecule has 12 heteroatoms. The summed E-state index contributed by atoms with van der Waals surface area (Å²) in [6.45, 7) is 0. The van der Waals surface area contributed by atoms with Gasteiger partial charge in [0.05, 0.1) is 32.3 Å². The van der Waals surface area contributed by atoms with Crippen molar-refractivity contribution in [3.05, 3.63) is 118 Å². The van der Waals surface area contributed by atoms with Crippen molar-refractivity contribution in [2.45, 2.75) is 9.79 Å². The Morgan fingerprint density at radius 2 is 0.857 bits per heavy atom. The Hall–Kier alpha value is -4.94. The highest BCUT2D eigenvalue weighted by molar-refractivity contribution is 7.91. The second-order valence-corrected chi connectivity index (χ2v) is 13.6. The number of hydrogen-bond donors (Lipinski definition) is 2. The van der Waals surface area contributed by atoms with Gasteiger partial charge in [0.2, 0.25) is 0 Å². The molecule has 0 saturated heterocycles. The highest BCUT2D eigenvalue weighted by atomic mass is 32.2. The van der Waals surface area contributed by atoms with Gasteiger partial charge in [-0.05, 0) is 60.7 Å². The molecule has 0 unspecified atom stereocenters. The first-order valence-corrected chi connectivity index (χ1v) is 16.1. The molecule has 0 heterocycles. The molecule has 4 aromatic carbocycles. The average molecular weight is 603 g/mol. The predicted octanol–water partition coefficient (Wildman–Crippen LogP) is 3.77. The maximum Gasteiger partial charge on any atom is 0.255 e. The summed E-state index contributed by atoms with van der Waals surface area (Å²) in [7, 11) is -6.95. The Labute approximate surface area is 241 Å². The summed E-state index contributed by atoms with van der Waals surface area (Å²) in [6, 6.07) is 19.4. The number of ketones is 2. The van der Waals surface area contributed by atoms with Crippen molar-refractivity contribution < 1.29 is 36.0 Å². The number of anilines is 2. The van der Waals surface area contributed by atoms with Crippen LogP contribution in [-0.4, -0.2) is 52.7 Å². The fraction of sp³-hybridized carbons (Fsp3) is 0.0667. The van der Waals surface area contributed by atoms with Crippen LogP contribution in [0.3, 0.4) is 0 Å². The Morgan fingerprint density at radius 3 is 1.17 bits per heavy atom. The summed E-state index contributed by atoms with van der Waals surface area (Å²) in [5.74, 6) is -2.40. The third-order valence-corrected chi connectivity index (χ3v) is 8.92. The van der Waals surface area contributed by atoms with E-state index < -0.39 is 43.1 Å². The maximum atomic E-state index is 13.6. The van der Waals surface area contributed by atoms with Crippen molar-refractivity contribution in [1.82, 2.24) is 0 Å². The number of hydrogen-bond acceptors (Lipinski definition) is 8. The molecule has 0 radical (unpaired) electrons. The topological polar surface area (TPSA) is 161 Å². The summed E-state index contributed by atoms with van der Waals surface area (Å²) < 4.78 is 47.0. The molecule has 0 bridgehead atoms. The number of amides is 2. The van der Waals surface area contributed by atoms with Gasteiger partial charge in [-0.25, -0.2) is 16.8 Å². The molecule has 0 fully saturated rings. The molecule has 0 spiro atoms. The number of sulfone groups is 2. The lowest BCUT2D eigenvalue weighted by Gasteiger charge is -2.23. The molecule has 0 atom stereocenters. The molecule has 0 aliphatic heterocycles. The van der Waals surface area contributed by atoms with E-state index in [0.29, 0.717) is 0 Å². The van der Waals surface area contributed by atoms with Crippen LogP contribution in [0.2, 0.25) is 0 Å². The van der Waals surface area contributed by atoms with Gasteiger partial charge in [-0.1, -0.05) is 24.3 Å². The van der Waals surface area contributed by atoms with Gasteiger partial charge >= 0.3 is 0 Å². The van der Waals surface area contributed by atoms with Crippen LogP contribution >= 0.6 is 0 Å². The van der Waals surface area contributed by atoms with E-state index in [0.717, 1.165) is 12.5 Å². The zero-order chi connectivity index (χ0) is 30.4. The van der Waals surface area contributed by atoms with E-state index >= 15 is 0 Å². The van der Waals surface area contributed by atoms with Crippen molar-refractivity contribution in [3.63, 3.8) is 0 Å². The number of benzene rings is 4. The monoisotopic (exact) mass is 602 g/mol. The lowest BCUT2D eigenvalue weighted by atomic mass is 9.82. The van der Waals surface area contributed by atoms with Crippen molar-refractivity contribution in [3.8, 4) is 0 Å². The maximum absolute atomic E-state index is 13.6. The van der Waals surface area contributed by atoms with Crippen LogP contribution in [0, 0.1) is 0 Å². The first-order valence-electron chi connectivity index (χ1n) is 12.3. The van der Waals surface area contributed by atoms with Gasteiger partial charge in [0.1, 0.15) is 0 Å². The molecule has 2 N–H and O–H groups in total. The van der Waals surface area contributed by atoms with Gasteiger partial charge in [0.15, 0.2) is 31.2 Å². The Kier molecular flexibility index (Phi) is 7.13. The third-order valence-electron chi connectivity index (χ3n) is 6.66.